The molecular formula is C7H8BF3KNO. The number of benzene rings is 1. The summed E-state index contributed by atoms with van der Waals surface area (Å²) in [4.78, 5) is 0. The molecule has 0 radical (unpaired) electrons. The summed E-state index contributed by atoms with van der Waals surface area (Å²) in [5.41, 5.74) is 4.87. The van der Waals surface area contributed by atoms with Crippen LogP contribution in [0.15, 0.2) is 18.2 Å². The van der Waals surface area contributed by atoms with Crippen LogP contribution in [0.3, 0.4) is 0 Å². The van der Waals surface area contributed by atoms with Gasteiger partial charge in [0, 0.05) is 5.69 Å². The van der Waals surface area contributed by atoms with E-state index in [9.17, 15) is 12.9 Å². The first-order valence-corrected chi connectivity index (χ1v) is 3.64. The molecule has 3 N–H and O–H groups in total. The monoisotopic (exact) mass is 229 g/mol. The van der Waals surface area contributed by atoms with Crippen LogP contribution >= 0.6 is 0 Å². The van der Waals surface area contributed by atoms with Gasteiger partial charge in [-0.05, 0) is 11.6 Å². The summed E-state index contributed by atoms with van der Waals surface area (Å²) in [7, 11) is 0. The van der Waals surface area contributed by atoms with Crippen LogP contribution in [0.4, 0.5) is 18.6 Å². The van der Waals surface area contributed by atoms with Crippen LogP contribution in [-0.2, 0) is 6.61 Å². The number of nitrogens with two attached hydrogens (primary N) is 1. The third-order valence-corrected chi connectivity index (χ3v) is 1.72. The normalized spacial score (nSPS) is 10.9. The summed E-state index contributed by atoms with van der Waals surface area (Å²) in [6.07, 6.45) is 0. The van der Waals surface area contributed by atoms with Gasteiger partial charge < -0.3 is 23.8 Å². The van der Waals surface area contributed by atoms with Gasteiger partial charge in [-0.2, -0.15) is 0 Å². The standard InChI is InChI=1S/C7H8BF3NO.K/c9-8(10,11)6-1-2-7(12)5(3-6)4-13;/h1-3,13H,4,12H2;/q-1;+1. The van der Waals surface area contributed by atoms with Gasteiger partial charge in [-0.15, -0.1) is 5.46 Å². The number of aliphatic hydroxyl groups excluding tert-OH is 1. The maximum atomic E-state index is 12.2. The molecule has 0 bridgehead atoms. The number of halogens is 3. The molecule has 0 aliphatic carbocycles. The predicted octanol–water partition coefficient (Wildman–Crippen LogP) is -2.18. The van der Waals surface area contributed by atoms with Crippen molar-refractivity contribution in [2.24, 2.45) is 0 Å². The zero-order valence-electron chi connectivity index (χ0n) is 7.67. The van der Waals surface area contributed by atoms with Gasteiger partial charge in [0.15, 0.2) is 0 Å². The SMILES string of the molecule is Nc1ccc([B-](F)(F)F)cc1CO.[K+]. The minimum Gasteiger partial charge on any atom is -0.445 e. The second kappa shape index (κ2) is 5.53. The molecule has 0 saturated heterocycles. The number of aliphatic hydroxyl groups is 1. The number of rotatable bonds is 2. The molecule has 0 fully saturated rings. The molecule has 0 saturated carbocycles. The predicted molar refractivity (Wildman–Crippen MR) is 45.5 cm³/mol. The van der Waals surface area contributed by atoms with E-state index in [1.165, 1.54) is 0 Å². The second-order valence-electron chi connectivity index (χ2n) is 2.69. The van der Waals surface area contributed by atoms with Gasteiger partial charge in [0.25, 0.3) is 0 Å². The Morgan fingerprint density at radius 2 is 1.86 bits per heavy atom. The number of anilines is 1. The Morgan fingerprint density at radius 3 is 2.29 bits per heavy atom. The molecule has 7 heteroatoms. The average molecular weight is 229 g/mol. The smallest absolute Gasteiger partial charge is 0.445 e. The Morgan fingerprint density at radius 1 is 1.29 bits per heavy atom. The van der Waals surface area contributed by atoms with Crippen LogP contribution in [0.5, 0.6) is 0 Å². The Kier molecular flexibility index (Phi) is 5.71. The molecular weight excluding hydrogens is 221 g/mol. The molecule has 0 heterocycles. The van der Waals surface area contributed by atoms with Gasteiger partial charge in [-0.25, -0.2) is 0 Å². The van der Waals surface area contributed by atoms with Crippen molar-refractivity contribution in [3.8, 4) is 0 Å². The van der Waals surface area contributed by atoms with Crippen molar-refractivity contribution in [3.63, 3.8) is 0 Å². The number of hydrogen-bond donors (Lipinski definition) is 2. The summed E-state index contributed by atoms with van der Waals surface area (Å²) in [6, 6.07) is 2.93. The molecule has 1 rings (SSSR count). The molecule has 0 spiro atoms. The van der Waals surface area contributed by atoms with E-state index in [1.54, 1.807) is 0 Å². The summed E-state index contributed by atoms with van der Waals surface area (Å²) >= 11 is 0. The molecule has 0 aliphatic rings. The van der Waals surface area contributed by atoms with Crippen LogP contribution < -0.4 is 62.6 Å². The zero-order chi connectivity index (χ0) is 10.1. The van der Waals surface area contributed by atoms with E-state index >= 15 is 0 Å². The zero-order valence-corrected chi connectivity index (χ0v) is 10.8. The first-order valence-electron chi connectivity index (χ1n) is 3.64. The van der Waals surface area contributed by atoms with Crippen LogP contribution in [-0.4, -0.2) is 12.1 Å². The molecule has 1 aromatic carbocycles. The van der Waals surface area contributed by atoms with Crippen molar-refractivity contribution in [3.05, 3.63) is 23.8 Å². The first-order chi connectivity index (χ1) is 5.95. The van der Waals surface area contributed by atoms with Crippen molar-refractivity contribution in [1.82, 2.24) is 0 Å². The Labute approximate surface area is 122 Å². The van der Waals surface area contributed by atoms with Crippen molar-refractivity contribution >= 4 is 18.1 Å². The quantitative estimate of drug-likeness (QED) is 0.447. The van der Waals surface area contributed by atoms with Crippen LogP contribution in [0.2, 0.25) is 0 Å². The third-order valence-electron chi connectivity index (χ3n) is 1.72. The molecule has 72 valence electrons. The number of nitrogen functional groups attached to an aromatic ring is 1. The van der Waals surface area contributed by atoms with E-state index in [1.807, 2.05) is 0 Å². The van der Waals surface area contributed by atoms with Crippen LogP contribution in [0, 0.1) is 0 Å². The van der Waals surface area contributed by atoms with Gasteiger partial charge in [0.2, 0.25) is 0 Å². The van der Waals surface area contributed by atoms with Gasteiger partial charge in [-0.1, -0.05) is 12.1 Å². The largest absolute Gasteiger partial charge is 1.00 e. The maximum Gasteiger partial charge on any atom is 1.00 e. The third kappa shape index (κ3) is 3.56. The van der Waals surface area contributed by atoms with Crippen molar-refractivity contribution in [2.45, 2.75) is 6.61 Å². The molecule has 0 aliphatic heterocycles. The van der Waals surface area contributed by atoms with Crippen LogP contribution in [0.1, 0.15) is 5.56 Å². The number of hydrogen-bond acceptors (Lipinski definition) is 2. The minimum atomic E-state index is -5.01. The van der Waals surface area contributed by atoms with Crippen molar-refractivity contribution in [1.29, 1.82) is 0 Å². The Balaban J connectivity index is 0.00000169. The summed E-state index contributed by atoms with van der Waals surface area (Å²) in [5.74, 6) is 0. The first kappa shape index (κ1) is 14.5. The molecule has 2 nitrogen and oxygen atoms in total. The van der Waals surface area contributed by atoms with E-state index in [0.717, 1.165) is 18.2 Å². The molecule has 0 atom stereocenters. The Hall–Kier alpha value is 0.471. The molecule has 1 aromatic rings. The minimum absolute atomic E-state index is 0. The fraction of sp³-hybridized carbons (Fsp3) is 0.143. The average Bonchev–Trinajstić information content (AvgIpc) is 2.03. The summed E-state index contributed by atoms with van der Waals surface area (Å²) < 4.78 is 36.5. The van der Waals surface area contributed by atoms with Crippen LogP contribution in [0.25, 0.3) is 0 Å². The fourth-order valence-electron chi connectivity index (χ4n) is 0.966. The van der Waals surface area contributed by atoms with E-state index in [-0.39, 0.29) is 62.6 Å². The van der Waals surface area contributed by atoms with E-state index in [0.29, 0.717) is 0 Å². The van der Waals surface area contributed by atoms with Gasteiger partial charge in [0.05, 0.1) is 6.61 Å². The van der Waals surface area contributed by atoms with Crippen molar-refractivity contribution < 1.29 is 69.4 Å². The fourth-order valence-corrected chi connectivity index (χ4v) is 0.966. The topological polar surface area (TPSA) is 46.2 Å². The Bertz CT molecular complexity index is 318. The second-order valence-corrected chi connectivity index (χ2v) is 2.69. The van der Waals surface area contributed by atoms with Crippen molar-refractivity contribution in [2.75, 3.05) is 5.73 Å². The summed E-state index contributed by atoms with van der Waals surface area (Å²) in [6.45, 7) is -5.49. The van der Waals surface area contributed by atoms with Gasteiger partial charge >= 0.3 is 58.4 Å². The molecule has 0 amide bonds. The molecule has 0 aromatic heterocycles. The van der Waals surface area contributed by atoms with E-state index in [4.69, 9.17) is 10.8 Å². The van der Waals surface area contributed by atoms with Gasteiger partial charge in [-0.3, -0.25) is 0 Å². The van der Waals surface area contributed by atoms with E-state index < -0.39 is 19.0 Å². The molecule has 0 unspecified atom stereocenters. The van der Waals surface area contributed by atoms with E-state index in [2.05, 4.69) is 0 Å². The maximum absolute atomic E-state index is 12.2. The molecule has 14 heavy (non-hydrogen) atoms. The van der Waals surface area contributed by atoms with Gasteiger partial charge in [0.1, 0.15) is 0 Å². The summed E-state index contributed by atoms with van der Waals surface area (Å²) in [5, 5.41) is 8.67.